The summed E-state index contributed by atoms with van der Waals surface area (Å²) in [6.45, 7) is 7.20. The van der Waals surface area contributed by atoms with Crippen LogP contribution < -0.4 is 4.90 Å². The van der Waals surface area contributed by atoms with Gasteiger partial charge >= 0.3 is 0 Å². The molecule has 1 saturated carbocycles. The topological polar surface area (TPSA) is 20.3 Å². The predicted octanol–water partition coefficient (Wildman–Crippen LogP) is 4.29. The second-order valence-corrected chi connectivity index (χ2v) is 6.06. The maximum absolute atomic E-state index is 11.8. The molecule has 0 saturated heterocycles. The van der Waals surface area contributed by atoms with Crippen molar-refractivity contribution in [3.8, 4) is 0 Å². The summed E-state index contributed by atoms with van der Waals surface area (Å²) >= 11 is 0. The monoisotopic (exact) mass is 259 g/mol. The molecule has 0 unspecified atom stereocenters. The van der Waals surface area contributed by atoms with Crippen molar-refractivity contribution in [2.45, 2.75) is 52.5 Å². The molecular weight excluding hydrogens is 234 g/mol. The van der Waals surface area contributed by atoms with Crippen LogP contribution in [0.2, 0.25) is 0 Å². The number of ketones is 1. The van der Waals surface area contributed by atoms with Crippen LogP contribution in [0.3, 0.4) is 0 Å². The Morgan fingerprint density at radius 3 is 2.47 bits per heavy atom. The van der Waals surface area contributed by atoms with E-state index in [0.29, 0.717) is 12.0 Å². The van der Waals surface area contributed by atoms with Crippen LogP contribution in [0.1, 0.15) is 56.8 Å². The lowest BCUT2D eigenvalue weighted by atomic mass is 10.0. The maximum Gasteiger partial charge on any atom is 0.161 e. The van der Waals surface area contributed by atoms with Gasteiger partial charge in [0.05, 0.1) is 0 Å². The minimum Gasteiger partial charge on any atom is -0.368 e. The van der Waals surface area contributed by atoms with Gasteiger partial charge in [-0.1, -0.05) is 38.8 Å². The van der Waals surface area contributed by atoms with Crippen molar-refractivity contribution in [1.82, 2.24) is 0 Å². The average Bonchev–Trinajstić information content (AvgIpc) is 2.89. The average molecular weight is 259 g/mol. The lowest BCUT2D eigenvalue weighted by molar-refractivity contribution is 0.101. The number of nitrogens with zero attached hydrogens (tertiary/aromatic N) is 1. The van der Waals surface area contributed by atoms with E-state index in [1.165, 1.54) is 25.7 Å². The van der Waals surface area contributed by atoms with Crippen molar-refractivity contribution in [1.29, 1.82) is 0 Å². The molecular formula is C17H25NO. The minimum absolute atomic E-state index is 0.169. The molecule has 0 aromatic heterocycles. The van der Waals surface area contributed by atoms with E-state index >= 15 is 0 Å². The number of Topliss-reactive ketones (excluding diaryl/α,β-unsaturated/α-hetero) is 1. The zero-order chi connectivity index (χ0) is 13.8. The van der Waals surface area contributed by atoms with Gasteiger partial charge in [-0.2, -0.15) is 0 Å². The van der Waals surface area contributed by atoms with Gasteiger partial charge < -0.3 is 4.90 Å². The Hall–Kier alpha value is -1.31. The standard InChI is InChI=1S/C17H25NO/c1-13(2)12-18(15-8-4-5-9-15)17-11-7-6-10-16(17)14(3)19/h6-7,10-11,13,15H,4-5,8-9,12H2,1-3H3. The summed E-state index contributed by atoms with van der Waals surface area (Å²) in [5.74, 6) is 0.781. The van der Waals surface area contributed by atoms with Crippen LogP contribution in [0.15, 0.2) is 24.3 Å². The fourth-order valence-electron chi connectivity index (χ4n) is 3.08. The lowest BCUT2D eigenvalue weighted by Gasteiger charge is -2.34. The fourth-order valence-corrected chi connectivity index (χ4v) is 3.08. The fraction of sp³-hybridized carbons (Fsp3) is 0.588. The van der Waals surface area contributed by atoms with Crippen molar-refractivity contribution >= 4 is 11.5 Å². The number of hydrogen-bond acceptors (Lipinski definition) is 2. The van der Waals surface area contributed by atoms with Crippen molar-refractivity contribution in [2.75, 3.05) is 11.4 Å². The zero-order valence-corrected chi connectivity index (χ0v) is 12.4. The van der Waals surface area contributed by atoms with Crippen LogP contribution in [0.25, 0.3) is 0 Å². The number of rotatable bonds is 5. The second kappa shape index (κ2) is 6.23. The molecule has 1 aromatic rings. The summed E-state index contributed by atoms with van der Waals surface area (Å²) in [5, 5.41) is 0. The highest BCUT2D eigenvalue weighted by Gasteiger charge is 2.25. The molecule has 2 rings (SSSR count). The van der Waals surface area contributed by atoms with Crippen molar-refractivity contribution in [3.05, 3.63) is 29.8 Å². The van der Waals surface area contributed by atoms with E-state index in [4.69, 9.17) is 0 Å². The Labute approximate surface area is 116 Å². The third-order valence-electron chi connectivity index (χ3n) is 3.92. The SMILES string of the molecule is CC(=O)c1ccccc1N(CC(C)C)C1CCCC1. The summed E-state index contributed by atoms with van der Waals surface area (Å²) < 4.78 is 0. The molecule has 0 radical (unpaired) electrons. The molecule has 0 heterocycles. The van der Waals surface area contributed by atoms with Crippen LogP contribution in [0.4, 0.5) is 5.69 Å². The van der Waals surface area contributed by atoms with Gasteiger partial charge in [-0.15, -0.1) is 0 Å². The van der Waals surface area contributed by atoms with E-state index in [0.717, 1.165) is 17.8 Å². The first-order valence-electron chi connectivity index (χ1n) is 7.46. The van der Waals surface area contributed by atoms with E-state index in [2.05, 4.69) is 24.8 Å². The predicted molar refractivity (Wildman–Crippen MR) is 80.9 cm³/mol. The van der Waals surface area contributed by atoms with E-state index in [1.54, 1.807) is 6.92 Å². The number of para-hydroxylation sites is 1. The number of benzene rings is 1. The van der Waals surface area contributed by atoms with Crippen molar-refractivity contribution < 1.29 is 4.79 Å². The van der Waals surface area contributed by atoms with Gasteiger partial charge in [-0.05, 0) is 37.8 Å². The highest BCUT2D eigenvalue weighted by atomic mass is 16.1. The van der Waals surface area contributed by atoms with Gasteiger partial charge in [0.2, 0.25) is 0 Å². The summed E-state index contributed by atoms with van der Waals surface area (Å²) in [6.07, 6.45) is 5.17. The summed E-state index contributed by atoms with van der Waals surface area (Å²) in [6, 6.07) is 8.69. The van der Waals surface area contributed by atoms with Crippen LogP contribution in [0.5, 0.6) is 0 Å². The molecule has 19 heavy (non-hydrogen) atoms. The Balaban J connectivity index is 2.34. The molecule has 0 atom stereocenters. The normalized spacial score (nSPS) is 16.0. The second-order valence-electron chi connectivity index (χ2n) is 6.06. The molecule has 1 aromatic carbocycles. The zero-order valence-electron chi connectivity index (χ0n) is 12.4. The third kappa shape index (κ3) is 3.37. The highest BCUT2D eigenvalue weighted by Crippen LogP contribution is 2.31. The first kappa shape index (κ1) is 14.1. The Kier molecular flexibility index (Phi) is 4.62. The largest absolute Gasteiger partial charge is 0.368 e. The summed E-state index contributed by atoms with van der Waals surface area (Å²) in [5.41, 5.74) is 2.01. The van der Waals surface area contributed by atoms with Crippen LogP contribution in [-0.4, -0.2) is 18.4 Å². The molecule has 104 valence electrons. The molecule has 1 aliphatic rings. The quantitative estimate of drug-likeness (QED) is 0.735. The van der Waals surface area contributed by atoms with Gasteiger partial charge in [0.25, 0.3) is 0 Å². The summed E-state index contributed by atoms with van der Waals surface area (Å²) in [7, 11) is 0. The Morgan fingerprint density at radius 1 is 1.26 bits per heavy atom. The number of hydrogen-bond donors (Lipinski definition) is 0. The molecule has 1 aliphatic carbocycles. The maximum atomic E-state index is 11.8. The Bertz CT molecular complexity index is 433. The molecule has 0 amide bonds. The summed E-state index contributed by atoms with van der Waals surface area (Å²) in [4.78, 5) is 14.3. The molecule has 0 bridgehead atoms. The molecule has 2 nitrogen and oxygen atoms in total. The van der Waals surface area contributed by atoms with Crippen LogP contribution in [-0.2, 0) is 0 Å². The molecule has 1 fully saturated rings. The number of carbonyl (C=O) groups is 1. The minimum atomic E-state index is 0.169. The lowest BCUT2D eigenvalue weighted by Crippen LogP contribution is -2.37. The molecule has 0 aliphatic heterocycles. The smallest absolute Gasteiger partial charge is 0.161 e. The number of carbonyl (C=O) groups excluding carboxylic acids is 1. The van der Waals surface area contributed by atoms with Gasteiger partial charge in [0, 0.05) is 23.8 Å². The van der Waals surface area contributed by atoms with Gasteiger partial charge in [-0.3, -0.25) is 4.79 Å². The first-order chi connectivity index (χ1) is 9.09. The van der Waals surface area contributed by atoms with Crippen LogP contribution >= 0.6 is 0 Å². The number of anilines is 1. The first-order valence-corrected chi connectivity index (χ1v) is 7.46. The van der Waals surface area contributed by atoms with E-state index < -0.39 is 0 Å². The molecule has 2 heteroatoms. The molecule has 0 spiro atoms. The Morgan fingerprint density at radius 2 is 1.89 bits per heavy atom. The van der Waals surface area contributed by atoms with Crippen molar-refractivity contribution in [2.24, 2.45) is 5.92 Å². The van der Waals surface area contributed by atoms with Gasteiger partial charge in [0.1, 0.15) is 0 Å². The van der Waals surface area contributed by atoms with E-state index in [-0.39, 0.29) is 5.78 Å². The third-order valence-corrected chi connectivity index (χ3v) is 3.92. The van der Waals surface area contributed by atoms with E-state index in [1.807, 2.05) is 18.2 Å². The molecule has 0 N–H and O–H groups in total. The van der Waals surface area contributed by atoms with Crippen LogP contribution in [0, 0.1) is 5.92 Å². The van der Waals surface area contributed by atoms with E-state index in [9.17, 15) is 4.79 Å². The van der Waals surface area contributed by atoms with Gasteiger partial charge in [-0.25, -0.2) is 0 Å². The van der Waals surface area contributed by atoms with Gasteiger partial charge in [0.15, 0.2) is 5.78 Å². The highest BCUT2D eigenvalue weighted by molar-refractivity contribution is 5.99. The van der Waals surface area contributed by atoms with Crippen molar-refractivity contribution in [3.63, 3.8) is 0 Å².